The van der Waals surface area contributed by atoms with Gasteiger partial charge >= 0.3 is 5.97 Å². The summed E-state index contributed by atoms with van der Waals surface area (Å²) in [5, 5.41) is 13.1. The summed E-state index contributed by atoms with van der Waals surface area (Å²) in [6.45, 7) is 4.25. The van der Waals surface area contributed by atoms with E-state index in [0.29, 0.717) is 11.5 Å². The van der Waals surface area contributed by atoms with Crippen molar-refractivity contribution >= 4 is 5.97 Å². The highest BCUT2D eigenvalue weighted by atomic mass is 16.4. The van der Waals surface area contributed by atoms with Gasteiger partial charge in [0.25, 0.3) is 0 Å². The highest BCUT2D eigenvalue weighted by Crippen LogP contribution is 2.25. The number of nitrogens with zero attached hydrogens (tertiary/aromatic N) is 2. The van der Waals surface area contributed by atoms with Gasteiger partial charge in [-0.1, -0.05) is 38.1 Å². The van der Waals surface area contributed by atoms with Gasteiger partial charge in [-0.05, 0) is 17.0 Å². The Bertz CT molecular complexity index is 568. The molecule has 0 aliphatic carbocycles. The third kappa shape index (κ3) is 2.27. The first-order chi connectivity index (χ1) is 8.49. The molecule has 2 aromatic rings. The van der Waals surface area contributed by atoms with E-state index in [0.717, 1.165) is 5.56 Å². The number of aryl methyl sites for hydroxylation is 1. The van der Waals surface area contributed by atoms with Crippen molar-refractivity contribution in [1.82, 2.24) is 9.78 Å². The van der Waals surface area contributed by atoms with E-state index < -0.39 is 5.97 Å². The average Bonchev–Trinajstić information content (AvgIpc) is 2.71. The van der Waals surface area contributed by atoms with Crippen LogP contribution in [0.25, 0.3) is 11.1 Å². The van der Waals surface area contributed by atoms with Crippen molar-refractivity contribution in [1.29, 1.82) is 0 Å². The zero-order valence-corrected chi connectivity index (χ0v) is 10.7. The quantitative estimate of drug-likeness (QED) is 0.903. The summed E-state index contributed by atoms with van der Waals surface area (Å²) in [6.07, 6.45) is 1.73. The summed E-state index contributed by atoms with van der Waals surface area (Å²) in [7, 11) is 1.72. The fourth-order valence-electron chi connectivity index (χ4n) is 1.91. The smallest absolute Gasteiger partial charge is 0.357 e. The van der Waals surface area contributed by atoms with E-state index in [1.54, 1.807) is 13.2 Å². The zero-order chi connectivity index (χ0) is 13.3. The van der Waals surface area contributed by atoms with E-state index in [1.807, 2.05) is 24.3 Å². The molecule has 1 heterocycles. The van der Waals surface area contributed by atoms with Crippen LogP contribution in [0.15, 0.2) is 30.5 Å². The number of carboxylic acids is 1. The average molecular weight is 244 g/mol. The molecule has 0 radical (unpaired) electrons. The van der Waals surface area contributed by atoms with E-state index in [1.165, 1.54) is 10.2 Å². The number of hydrogen-bond acceptors (Lipinski definition) is 2. The van der Waals surface area contributed by atoms with Crippen LogP contribution in [0, 0.1) is 0 Å². The van der Waals surface area contributed by atoms with Crippen molar-refractivity contribution in [2.45, 2.75) is 19.8 Å². The highest BCUT2D eigenvalue weighted by Gasteiger charge is 2.16. The van der Waals surface area contributed by atoms with E-state index >= 15 is 0 Å². The Morgan fingerprint density at radius 3 is 2.39 bits per heavy atom. The van der Waals surface area contributed by atoms with Gasteiger partial charge in [-0.2, -0.15) is 5.10 Å². The fraction of sp³-hybridized carbons (Fsp3) is 0.286. The molecule has 0 fully saturated rings. The minimum absolute atomic E-state index is 0.0924. The van der Waals surface area contributed by atoms with Gasteiger partial charge in [0.05, 0.1) is 0 Å². The van der Waals surface area contributed by atoms with Crippen LogP contribution in [0.4, 0.5) is 0 Å². The maximum atomic E-state index is 11.1. The largest absolute Gasteiger partial charge is 0.476 e. The molecule has 0 amide bonds. The first kappa shape index (κ1) is 12.4. The first-order valence-electron chi connectivity index (χ1n) is 5.86. The molecule has 0 aliphatic heterocycles. The molecule has 0 aliphatic rings. The molecule has 1 N–H and O–H groups in total. The Kier molecular flexibility index (Phi) is 3.19. The second kappa shape index (κ2) is 4.64. The zero-order valence-electron chi connectivity index (χ0n) is 10.7. The lowest BCUT2D eigenvalue weighted by atomic mass is 9.99. The van der Waals surface area contributed by atoms with E-state index in [4.69, 9.17) is 5.11 Å². The number of rotatable bonds is 3. The van der Waals surface area contributed by atoms with Crippen molar-refractivity contribution < 1.29 is 9.90 Å². The lowest BCUT2D eigenvalue weighted by molar-refractivity contribution is 0.0690. The summed E-state index contributed by atoms with van der Waals surface area (Å²) < 4.78 is 1.52. The van der Waals surface area contributed by atoms with E-state index in [-0.39, 0.29) is 5.69 Å². The van der Waals surface area contributed by atoms with Gasteiger partial charge in [-0.25, -0.2) is 4.79 Å². The number of carboxylic acid groups (broad SMARTS) is 1. The van der Waals surface area contributed by atoms with Crippen molar-refractivity contribution in [2.24, 2.45) is 7.05 Å². The third-order valence-corrected chi connectivity index (χ3v) is 2.92. The first-order valence-corrected chi connectivity index (χ1v) is 5.86. The van der Waals surface area contributed by atoms with Crippen molar-refractivity contribution in [3.8, 4) is 11.1 Å². The summed E-state index contributed by atoms with van der Waals surface area (Å²) in [6, 6.07) is 7.94. The molecule has 2 rings (SSSR count). The van der Waals surface area contributed by atoms with Crippen LogP contribution in [0.5, 0.6) is 0 Å². The SMILES string of the molecule is CC(C)c1ccc(-c2cn(C)nc2C(=O)O)cc1. The predicted octanol–water partition coefficient (Wildman–Crippen LogP) is 2.91. The van der Waals surface area contributed by atoms with Gasteiger partial charge in [0, 0.05) is 18.8 Å². The molecule has 1 aromatic carbocycles. The lowest BCUT2D eigenvalue weighted by Crippen LogP contribution is -2.00. The summed E-state index contributed by atoms with van der Waals surface area (Å²) >= 11 is 0. The van der Waals surface area contributed by atoms with Gasteiger partial charge in [0.1, 0.15) is 0 Å². The molecule has 0 unspecified atom stereocenters. The van der Waals surface area contributed by atoms with Crippen LogP contribution in [-0.2, 0) is 7.05 Å². The van der Waals surface area contributed by atoms with Gasteiger partial charge in [0.2, 0.25) is 0 Å². The second-order valence-corrected chi connectivity index (χ2v) is 4.65. The molecule has 4 heteroatoms. The Hall–Kier alpha value is -2.10. The number of aromatic nitrogens is 2. The van der Waals surface area contributed by atoms with Crippen LogP contribution in [0.3, 0.4) is 0 Å². The molecule has 0 saturated carbocycles. The molecule has 0 spiro atoms. The molecular weight excluding hydrogens is 228 g/mol. The van der Waals surface area contributed by atoms with Gasteiger partial charge in [0.15, 0.2) is 5.69 Å². The Balaban J connectivity index is 2.45. The van der Waals surface area contributed by atoms with Crippen LogP contribution in [0.1, 0.15) is 35.8 Å². The third-order valence-electron chi connectivity index (χ3n) is 2.92. The van der Waals surface area contributed by atoms with E-state index in [2.05, 4.69) is 18.9 Å². The molecule has 0 saturated heterocycles. The fourth-order valence-corrected chi connectivity index (χ4v) is 1.91. The topological polar surface area (TPSA) is 55.1 Å². The molecule has 4 nitrogen and oxygen atoms in total. The number of carbonyl (C=O) groups is 1. The Labute approximate surface area is 106 Å². The monoisotopic (exact) mass is 244 g/mol. The maximum Gasteiger partial charge on any atom is 0.357 e. The molecular formula is C14H16N2O2. The Morgan fingerprint density at radius 2 is 1.89 bits per heavy atom. The van der Waals surface area contributed by atoms with Crippen LogP contribution < -0.4 is 0 Å². The van der Waals surface area contributed by atoms with Gasteiger partial charge in [-0.3, -0.25) is 4.68 Å². The van der Waals surface area contributed by atoms with Crippen molar-refractivity contribution in [3.63, 3.8) is 0 Å². The highest BCUT2D eigenvalue weighted by molar-refractivity contribution is 5.93. The van der Waals surface area contributed by atoms with Gasteiger partial charge in [-0.15, -0.1) is 0 Å². The molecule has 18 heavy (non-hydrogen) atoms. The number of benzene rings is 1. The van der Waals surface area contributed by atoms with E-state index in [9.17, 15) is 4.79 Å². The van der Waals surface area contributed by atoms with Crippen molar-refractivity contribution in [2.75, 3.05) is 0 Å². The van der Waals surface area contributed by atoms with Crippen LogP contribution >= 0.6 is 0 Å². The molecule has 94 valence electrons. The van der Waals surface area contributed by atoms with Crippen LogP contribution in [-0.4, -0.2) is 20.9 Å². The molecule has 0 bridgehead atoms. The number of hydrogen-bond donors (Lipinski definition) is 1. The lowest BCUT2D eigenvalue weighted by Gasteiger charge is -2.06. The predicted molar refractivity (Wildman–Crippen MR) is 69.7 cm³/mol. The maximum absolute atomic E-state index is 11.1. The second-order valence-electron chi connectivity index (χ2n) is 4.65. The summed E-state index contributed by atoms with van der Waals surface area (Å²) in [5.41, 5.74) is 2.86. The number of aromatic carboxylic acids is 1. The minimum Gasteiger partial charge on any atom is -0.476 e. The summed E-state index contributed by atoms with van der Waals surface area (Å²) in [4.78, 5) is 11.1. The van der Waals surface area contributed by atoms with Gasteiger partial charge < -0.3 is 5.11 Å². The Morgan fingerprint density at radius 1 is 1.28 bits per heavy atom. The standard InChI is InChI=1S/C14H16N2O2/c1-9(2)10-4-6-11(7-5-10)12-8-16(3)15-13(12)14(17)18/h4-9H,1-3H3,(H,17,18). The minimum atomic E-state index is -1.00. The normalized spacial score (nSPS) is 10.9. The van der Waals surface area contributed by atoms with Crippen LogP contribution in [0.2, 0.25) is 0 Å². The summed E-state index contributed by atoms with van der Waals surface area (Å²) in [5.74, 6) is -0.537. The molecule has 0 atom stereocenters. The molecule has 1 aromatic heterocycles. The van der Waals surface area contributed by atoms with Crippen molar-refractivity contribution in [3.05, 3.63) is 41.7 Å².